The molecular weight excluding hydrogens is 290 g/mol. The Balaban J connectivity index is 1.72. The minimum absolute atomic E-state index is 0.0178. The maximum absolute atomic E-state index is 12.0. The van der Waals surface area contributed by atoms with Gasteiger partial charge in [-0.05, 0) is 49.1 Å². The molecule has 0 fully saturated rings. The number of para-hydroxylation sites is 2. The third-order valence-electron chi connectivity index (χ3n) is 3.66. The summed E-state index contributed by atoms with van der Waals surface area (Å²) in [5, 5.41) is 2.89. The molecule has 0 aliphatic carbocycles. The van der Waals surface area contributed by atoms with Gasteiger partial charge < -0.3 is 14.8 Å². The molecule has 0 bridgehead atoms. The second-order valence-electron chi connectivity index (χ2n) is 5.30. The zero-order valence-electron chi connectivity index (χ0n) is 13.7. The van der Waals surface area contributed by atoms with Crippen LogP contribution in [0.15, 0.2) is 48.5 Å². The van der Waals surface area contributed by atoms with Crippen LogP contribution >= 0.6 is 0 Å². The summed E-state index contributed by atoms with van der Waals surface area (Å²) in [6.07, 6.45) is 3.30. The van der Waals surface area contributed by atoms with E-state index in [0.29, 0.717) is 12.2 Å². The van der Waals surface area contributed by atoms with Crippen molar-refractivity contribution in [3.05, 3.63) is 54.1 Å². The number of hydrogen-bond acceptors (Lipinski definition) is 3. The second kappa shape index (κ2) is 8.83. The SMILES string of the molecule is COc1ccc(CCCCC(=O)Nc2ccccc2OC)cc1. The summed E-state index contributed by atoms with van der Waals surface area (Å²) in [6.45, 7) is 0. The van der Waals surface area contributed by atoms with Crippen LogP contribution in [0.5, 0.6) is 11.5 Å². The summed E-state index contributed by atoms with van der Waals surface area (Å²) in [5.74, 6) is 1.56. The van der Waals surface area contributed by atoms with Gasteiger partial charge in [-0.1, -0.05) is 24.3 Å². The maximum atomic E-state index is 12.0. The smallest absolute Gasteiger partial charge is 0.224 e. The molecule has 1 N–H and O–H groups in total. The first-order valence-electron chi connectivity index (χ1n) is 7.78. The fourth-order valence-corrected chi connectivity index (χ4v) is 2.37. The predicted octanol–water partition coefficient (Wildman–Crippen LogP) is 4.06. The first kappa shape index (κ1) is 16.9. The van der Waals surface area contributed by atoms with Gasteiger partial charge in [-0.2, -0.15) is 0 Å². The van der Waals surface area contributed by atoms with Crippen LogP contribution in [0.1, 0.15) is 24.8 Å². The van der Waals surface area contributed by atoms with E-state index in [0.717, 1.165) is 30.7 Å². The van der Waals surface area contributed by atoms with E-state index >= 15 is 0 Å². The molecule has 0 radical (unpaired) electrons. The lowest BCUT2D eigenvalue weighted by Crippen LogP contribution is -2.12. The fraction of sp³-hybridized carbons (Fsp3) is 0.316. The number of hydrogen-bond donors (Lipinski definition) is 1. The third kappa shape index (κ3) is 5.33. The molecule has 2 rings (SSSR count). The number of ether oxygens (including phenoxy) is 2. The number of rotatable bonds is 8. The molecule has 0 aliphatic rings. The third-order valence-corrected chi connectivity index (χ3v) is 3.66. The number of benzene rings is 2. The van der Waals surface area contributed by atoms with E-state index in [4.69, 9.17) is 9.47 Å². The molecule has 0 aliphatic heterocycles. The van der Waals surface area contributed by atoms with Crippen molar-refractivity contribution in [2.45, 2.75) is 25.7 Å². The van der Waals surface area contributed by atoms with Crippen LogP contribution in [0, 0.1) is 0 Å². The zero-order valence-corrected chi connectivity index (χ0v) is 13.7. The van der Waals surface area contributed by atoms with Gasteiger partial charge in [0.2, 0.25) is 5.91 Å². The van der Waals surface area contributed by atoms with Gasteiger partial charge in [-0.15, -0.1) is 0 Å². The lowest BCUT2D eigenvalue weighted by atomic mass is 10.1. The average molecular weight is 313 g/mol. The minimum Gasteiger partial charge on any atom is -0.497 e. The normalized spacial score (nSPS) is 10.2. The molecule has 2 aromatic rings. The van der Waals surface area contributed by atoms with Gasteiger partial charge in [0.15, 0.2) is 0 Å². The topological polar surface area (TPSA) is 47.6 Å². The Kier molecular flexibility index (Phi) is 6.48. The second-order valence-corrected chi connectivity index (χ2v) is 5.30. The first-order chi connectivity index (χ1) is 11.2. The maximum Gasteiger partial charge on any atom is 0.224 e. The van der Waals surface area contributed by atoms with Crippen LogP contribution < -0.4 is 14.8 Å². The number of anilines is 1. The lowest BCUT2D eigenvalue weighted by molar-refractivity contribution is -0.116. The molecule has 0 heterocycles. The molecule has 4 nitrogen and oxygen atoms in total. The average Bonchev–Trinajstić information content (AvgIpc) is 2.59. The highest BCUT2D eigenvalue weighted by atomic mass is 16.5. The number of carbonyl (C=O) groups is 1. The highest BCUT2D eigenvalue weighted by molar-refractivity contribution is 5.92. The molecule has 0 saturated carbocycles. The Labute approximate surface area is 137 Å². The van der Waals surface area contributed by atoms with E-state index in [2.05, 4.69) is 17.4 Å². The van der Waals surface area contributed by atoms with Gasteiger partial charge in [0.05, 0.1) is 19.9 Å². The van der Waals surface area contributed by atoms with E-state index in [9.17, 15) is 4.79 Å². The van der Waals surface area contributed by atoms with Gasteiger partial charge in [-0.25, -0.2) is 0 Å². The standard InChI is InChI=1S/C19H23NO3/c1-22-16-13-11-15(12-14-16)7-3-6-10-19(21)20-17-8-4-5-9-18(17)23-2/h4-5,8-9,11-14H,3,6-7,10H2,1-2H3,(H,20,21). The summed E-state index contributed by atoms with van der Waals surface area (Å²) >= 11 is 0. The number of aryl methyl sites for hydroxylation is 1. The number of methoxy groups -OCH3 is 2. The van der Waals surface area contributed by atoms with E-state index in [-0.39, 0.29) is 5.91 Å². The van der Waals surface area contributed by atoms with Gasteiger partial charge >= 0.3 is 0 Å². The van der Waals surface area contributed by atoms with Crippen LogP contribution in [0.3, 0.4) is 0 Å². The van der Waals surface area contributed by atoms with Crippen molar-refractivity contribution in [1.82, 2.24) is 0 Å². The Hall–Kier alpha value is -2.49. The Morgan fingerprint density at radius 1 is 0.957 bits per heavy atom. The van der Waals surface area contributed by atoms with Crippen molar-refractivity contribution in [2.24, 2.45) is 0 Å². The zero-order chi connectivity index (χ0) is 16.5. The molecule has 1 amide bonds. The fourth-order valence-electron chi connectivity index (χ4n) is 2.37. The molecule has 23 heavy (non-hydrogen) atoms. The Morgan fingerprint density at radius 3 is 2.39 bits per heavy atom. The van der Waals surface area contributed by atoms with Crippen molar-refractivity contribution in [1.29, 1.82) is 0 Å². The summed E-state index contributed by atoms with van der Waals surface area (Å²) < 4.78 is 10.4. The van der Waals surface area contributed by atoms with Crippen molar-refractivity contribution in [3.63, 3.8) is 0 Å². The molecule has 0 aromatic heterocycles. The molecule has 2 aromatic carbocycles. The van der Waals surface area contributed by atoms with Crippen molar-refractivity contribution < 1.29 is 14.3 Å². The monoisotopic (exact) mass is 313 g/mol. The largest absolute Gasteiger partial charge is 0.497 e. The Bertz CT molecular complexity index is 623. The molecule has 0 spiro atoms. The van der Waals surface area contributed by atoms with E-state index in [1.54, 1.807) is 14.2 Å². The van der Waals surface area contributed by atoms with E-state index in [1.165, 1.54) is 5.56 Å². The van der Waals surface area contributed by atoms with Crippen LogP contribution in [0.25, 0.3) is 0 Å². The number of nitrogens with one attached hydrogen (secondary N) is 1. The van der Waals surface area contributed by atoms with Gasteiger partial charge in [0, 0.05) is 6.42 Å². The first-order valence-corrected chi connectivity index (χ1v) is 7.78. The quantitative estimate of drug-likeness (QED) is 0.748. The van der Waals surface area contributed by atoms with Crippen molar-refractivity contribution >= 4 is 11.6 Å². The lowest BCUT2D eigenvalue weighted by Gasteiger charge is -2.09. The highest BCUT2D eigenvalue weighted by Crippen LogP contribution is 2.23. The molecule has 122 valence electrons. The molecule has 0 saturated heterocycles. The highest BCUT2D eigenvalue weighted by Gasteiger charge is 2.06. The molecule has 0 unspecified atom stereocenters. The van der Waals surface area contributed by atoms with Crippen LogP contribution in [0.4, 0.5) is 5.69 Å². The van der Waals surface area contributed by atoms with Crippen molar-refractivity contribution in [3.8, 4) is 11.5 Å². The summed E-state index contributed by atoms with van der Waals surface area (Å²) in [6, 6.07) is 15.5. The summed E-state index contributed by atoms with van der Waals surface area (Å²) in [5.41, 5.74) is 1.98. The van der Waals surface area contributed by atoms with Gasteiger partial charge in [-0.3, -0.25) is 4.79 Å². The van der Waals surface area contributed by atoms with Crippen LogP contribution in [0.2, 0.25) is 0 Å². The predicted molar refractivity (Wildman–Crippen MR) is 92.2 cm³/mol. The van der Waals surface area contributed by atoms with E-state index < -0.39 is 0 Å². The van der Waals surface area contributed by atoms with E-state index in [1.807, 2.05) is 36.4 Å². The number of carbonyl (C=O) groups excluding carboxylic acids is 1. The van der Waals surface area contributed by atoms with Crippen molar-refractivity contribution in [2.75, 3.05) is 19.5 Å². The van der Waals surface area contributed by atoms with Crippen LogP contribution in [-0.2, 0) is 11.2 Å². The van der Waals surface area contributed by atoms with Crippen LogP contribution in [-0.4, -0.2) is 20.1 Å². The van der Waals surface area contributed by atoms with Gasteiger partial charge in [0.1, 0.15) is 11.5 Å². The number of unbranched alkanes of at least 4 members (excludes halogenated alkanes) is 1. The molecule has 4 heteroatoms. The minimum atomic E-state index is 0.0178. The summed E-state index contributed by atoms with van der Waals surface area (Å²) in [4.78, 5) is 12.0. The number of amides is 1. The molecule has 0 atom stereocenters. The summed E-state index contributed by atoms with van der Waals surface area (Å²) in [7, 11) is 3.26. The molecular formula is C19H23NO3. The Morgan fingerprint density at radius 2 is 1.70 bits per heavy atom. The van der Waals surface area contributed by atoms with Gasteiger partial charge in [0.25, 0.3) is 0 Å².